The number of nitrogens with one attached hydrogen (secondary N) is 2. The first-order chi connectivity index (χ1) is 12.1. The molecule has 2 N–H and O–H groups in total. The molecule has 0 unspecified atom stereocenters. The molecule has 0 aliphatic heterocycles. The van der Waals surface area contributed by atoms with Crippen LogP contribution in [-0.2, 0) is 4.79 Å². The molecule has 0 saturated heterocycles. The van der Waals surface area contributed by atoms with Crippen LogP contribution in [0.15, 0.2) is 72.4 Å². The SMILES string of the molecule is C=CCN(CC=C)CC(=O)Nc1cccc(NC(=O)c2ccco2)c1. The average molecular weight is 339 g/mol. The zero-order valence-corrected chi connectivity index (χ0v) is 13.9. The number of benzene rings is 1. The van der Waals surface area contributed by atoms with Crippen molar-refractivity contribution >= 4 is 23.2 Å². The van der Waals surface area contributed by atoms with Crippen LogP contribution in [0.3, 0.4) is 0 Å². The summed E-state index contributed by atoms with van der Waals surface area (Å²) in [7, 11) is 0. The summed E-state index contributed by atoms with van der Waals surface area (Å²) in [4.78, 5) is 26.1. The van der Waals surface area contributed by atoms with Crippen molar-refractivity contribution in [1.29, 1.82) is 0 Å². The van der Waals surface area contributed by atoms with Gasteiger partial charge in [0, 0.05) is 24.5 Å². The second kappa shape index (κ2) is 9.24. The van der Waals surface area contributed by atoms with Gasteiger partial charge in [-0.15, -0.1) is 13.2 Å². The quantitative estimate of drug-likeness (QED) is 0.688. The molecule has 1 aromatic heterocycles. The summed E-state index contributed by atoms with van der Waals surface area (Å²) in [5.41, 5.74) is 1.16. The van der Waals surface area contributed by atoms with Crippen molar-refractivity contribution in [1.82, 2.24) is 4.90 Å². The molecular weight excluding hydrogens is 318 g/mol. The molecule has 6 heteroatoms. The Morgan fingerprint density at radius 2 is 1.72 bits per heavy atom. The van der Waals surface area contributed by atoms with Crippen LogP contribution in [0.1, 0.15) is 10.6 Å². The third kappa shape index (κ3) is 5.78. The molecule has 6 nitrogen and oxygen atoms in total. The fourth-order valence-electron chi connectivity index (χ4n) is 2.25. The van der Waals surface area contributed by atoms with Crippen LogP contribution in [0, 0.1) is 0 Å². The lowest BCUT2D eigenvalue weighted by Crippen LogP contribution is -2.33. The van der Waals surface area contributed by atoms with E-state index in [1.165, 1.54) is 6.26 Å². The highest BCUT2D eigenvalue weighted by Crippen LogP contribution is 2.16. The zero-order chi connectivity index (χ0) is 18.1. The van der Waals surface area contributed by atoms with Crippen molar-refractivity contribution in [3.05, 3.63) is 73.7 Å². The Morgan fingerprint density at radius 1 is 1.04 bits per heavy atom. The highest BCUT2D eigenvalue weighted by molar-refractivity contribution is 6.02. The lowest BCUT2D eigenvalue weighted by Gasteiger charge is -2.18. The molecule has 0 spiro atoms. The van der Waals surface area contributed by atoms with Crippen molar-refractivity contribution in [2.24, 2.45) is 0 Å². The van der Waals surface area contributed by atoms with Gasteiger partial charge in [0.25, 0.3) is 5.91 Å². The van der Waals surface area contributed by atoms with Gasteiger partial charge in [0.1, 0.15) is 0 Å². The standard InChI is InChI=1S/C19H21N3O3/c1-3-10-22(11-4-2)14-18(23)20-15-7-5-8-16(13-15)21-19(24)17-9-6-12-25-17/h3-9,12-13H,1-2,10-11,14H2,(H,20,23)(H,21,24). The number of amides is 2. The number of carbonyl (C=O) groups excluding carboxylic acids is 2. The zero-order valence-electron chi connectivity index (χ0n) is 13.9. The fourth-order valence-corrected chi connectivity index (χ4v) is 2.25. The van der Waals surface area contributed by atoms with Gasteiger partial charge in [-0.1, -0.05) is 18.2 Å². The van der Waals surface area contributed by atoms with Crippen molar-refractivity contribution in [3.8, 4) is 0 Å². The number of anilines is 2. The monoisotopic (exact) mass is 339 g/mol. The van der Waals surface area contributed by atoms with Crippen LogP contribution < -0.4 is 10.6 Å². The van der Waals surface area contributed by atoms with Crippen LogP contribution in [0.25, 0.3) is 0 Å². The number of hydrogen-bond acceptors (Lipinski definition) is 4. The predicted octanol–water partition coefficient (Wildman–Crippen LogP) is 3.14. The summed E-state index contributed by atoms with van der Waals surface area (Å²) in [6.07, 6.45) is 4.91. The largest absolute Gasteiger partial charge is 0.459 e. The van der Waals surface area contributed by atoms with E-state index in [1.807, 2.05) is 4.90 Å². The van der Waals surface area contributed by atoms with E-state index in [0.717, 1.165) is 0 Å². The topological polar surface area (TPSA) is 74.6 Å². The van der Waals surface area contributed by atoms with Gasteiger partial charge in [0.05, 0.1) is 12.8 Å². The minimum Gasteiger partial charge on any atom is -0.459 e. The van der Waals surface area contributed by atoms with Crippen LogP contribution in [-0.4, -0.2) is 36.3 Å². The van der Waals surface area contributed by atoms with Crippen LogP contribution in [0.4, 0.5) is 11.4 Å². The molecule has 25 heavy (non-hydrogen) atoms. The van der Waals surface area contributed by atoms with Gasteiger partial charge in [-0.2, -0.15) is 0 Å². The molecule has 0 fully saturated rings. The molecule has 0 aliphatic carbocycles. The van der Waals surface area contributed by atoms with Gasteiger partial charge in [0.2, 0.25) is 5.91 Å². The Bertz CT molecular complexity index is 728. The number of carbonyl (C=O) groups is 2. The van der Waals surface area contributed by atoms with E-state index in [9.17, 15) is 9.59 Å². The van der Waals surface area contributed by atoms with Gasteiger partial charge < -0.3 is 15.1 Å². The van der Waals surface area contributed by atoms with Gasteiger partial charge in [0.15, 0.2) is 5.76 Å². The van der Waals surface area contributed by atoms with E-state index in [-0.39, 0.29) is 24.1 Å². The molecule has 2 rings (SSSR count). The van der Waals surface area contributed by atoms with Crippen molar-refractivity contribution in [2.45, 2.75) is 0 Å². The normalized spacial score (nSPS) is 10.3. The van der Waals surface area contributed by atoms with Crippen molar-refractivity contribution in [3.63, 3.8) is 0 Å². The van der Waals surface area contributed by atoms with E-state index in [1.54, 1.807) is 48.6 Å². The van der Waals surface area contributed by atoms with E-state index < -0.39 is 0 Å². The first-order valence-electron chi connectivity index (χ1n) is 7.81. The van der Waals surface area contributed by atoms with E-state index in [4.69, 9.17) is 4.42 Å². The molecular formula is C19H21N3O3. The molecule has 0 saturated carbocycles. The Kier molecular flexibility index (Phi) is 6.74. The van der Waals surface area contributed by atoms with Crippen molar-refractivity contribution in [2.75, 3.05) is 30.3 Å². The molecule has 2 aromatic rings. The van der Waals surface area contributed by atoms with Crippen molar-refractivity contribution < 1.29 is 14.0 Å². The molecule has 1 aromatic carbocycles. The maximum atomic E-state index is 12.2. The minimum absolute atomic E-state index is 0.154. The smallest absolute Gasteiger partial charge is 0.291 e. The molecule has 0 aliphatic rings. The lowest BCUT2D eigenvalue weighted by molar-refractivity contribution is -0.117. The average Bonchev–Trinajstić information content (AvgIpc) is 3.10. The lowest BCUT2D eigenvalue weighted by atomic mass is 10.2. The van der Waals surface area contributed by atoms with Crippen LogP contribution in [0.5, 0.6) is 0 Å². The third-order valence-electron chi connectivity index (χ3n) is 3.29. The van der Waals surface area contributed by atoms with Gasteiger partial charge in [-0.3, -0.25) is 14.5 Å². The van der Waals surface area contributed by atoms with Gasteiger partial charge in [-0.05, 0) is 30.3 Å². The van der Waals surface area contributed by atoms with Gasteiger partial charge in [-0.25, -0.2) is 0 Å². The highest BCUT2D eigenvalue weighted by atomic mass is 16.3. The van der Waals surface area contributed by atoms with Gasteiger partial charge >= 0.3 is 0 Å². The third-order valence-corrected chi connectivity index (χ3v) is 3.29. The van der Waals surface area contributed by atoms with Crippen LogP contribution >= 0.6 is 0 Å². The molecule has 0 atom stereocenters. The predicted molar refractivity (Wildman–Crippen MR) is 98.6 cm³/mol. The Hall–Kier alpha value is -3.12. The number of hydrogen-bond donors (Lipinski definition) is 2. The number of furan rings is 1. The highest BCUT2D eigenvalue weighted by Gasteiger charge is 2.11. The summed E-state index contributed by atoms with van der Waals surface area (Å²) in [5, 5.41) is 5.53. The Balaban J connectivity index is 1.96. The number of nitrogens with zero attached hydrogens (tertiary/aromatic N) is 1. The molecule has 1 heterocycles. The summed E-state index contributed by atoms with van der Waals surface area (Å²) in [6.45, 7) is 8.77. The summed E-state index contributed by atoms with van der Waals surface area (Å²) < 4.78 is 5.05. The maximum Gasteiger partial charge on any atom is 0.291 e. The van der Waals surface area contributed by atoms with Crippen LogP contribution in [0.2, 0.25) is 0 Å². The molecule has 0 bridgehead atoms. The first kappa shape index (κ1) is 18.2. The first-order valence-corrected chi connectivity index (χ1v) is 7.81. The summed E-state index contributed by atoms with van der Waals surface area (Å²) in [6, 6.07) is 10.1. The summed E-state index contributed by atoms with van der Waals surface area (Å²) in [5.74, 6) is -0.284. The molecule has 130 valence electrons. The van der Waals surface area contributed by atoms with E-state index in [0.29, 0.717) is 24.5 Å². The second-order valence-corrected chi connectivity index (χ2v) is 5.33. The number of rotatable bonds is 9. The molecule has 0 radical (unpaired) electrons. The maximum absolute atomic E-state index is 12.2. The van der Waals surface area contributed by atoms with E-state index >= 15 is 0 Å². The summed E-state index contributed by atoms with van der Waals surface area (Å²) >= 11 is 0. The second-order valence-electron chi connectivity index (χ2n) is 5.33. The Labute approximate surface area is 146 Å². The minimum atomic E-state index is -0.350. The van der Waals surface area contributed by atoms with E-state index in [2.05, 4.69) is 23.8 Å². The molecule has 2 amide bonds. The fraction of sp³-hybridized carbons (Fsp3) is 0.158. The Morgan fingerprint density at radius 3 is 2.32 bits per heavy atom.